The lowest BCUT2D eigenvalue weighted by atomic mass is 10.1. The molecule has 0 aliphatic carbocycles. The van der Waals surface area contributed by atoms with E-state index in [2.05, 4.69) is 10.6 Å². The maximum absolute atomic E-state index is 13.9. The Morgan fingerprint density at radius 2 is 1.68 bits per heavy atom. The van der Waals surface area contributed by atoms with Crippen molar-refractivity contribution in [3.8, 4) is 17.2 Å². The molecule has 2 rings (SSSR count). The number of carbonyl (C=O) groups excluding carboxylic acids is 1. The zero-order chi connectivity index (χ0) is 20.7. The summed E-state index contributed by atoms with van der Waals surface area (Å²) in [4.78, 5) is 12.4. The quantitative estimate of drug-likeness (QED) is 0.679. The normalized spacial score (nSPS) is 12.8. The molecule has 0 heterocycles. The van der Waals surface area contributed by atoms with Crippen molar-refractivity contribution in [3.05, 3.63) is 47.8 Å². The second-order valence-electron chi connectivity index (χ2n) is 6.50. The number of hydrogen-bond acceptors (Lipinski definition) is 5. The largest absolute Gasteiger partial charge is 0.497 e. The van der Waals surface area contributed by atoms with E-state index in [0.717, 1.165) is 5.56 Å². The molecule has 0 aliphatic heterocycles. The van der Waals surface area contributed by atoms with Crippen molar-refractivity contribution in [1.82, 2.24) is 5.32 Å². The van der Waals surface area contributed by atoms with Crippen LogP contribution in [0.4, 0.5) is 10.1 Å². The van der Waals surface area contributed by atoms with Gasteiger partial charge in [-0.25, -0.2) is 4.39 Å². The summed E-state index contributed by atoms with van der Waals surface area (Å²) in [6, 6.07) is 9.77. The Kier molecular flexibility index (Phi) is 7.63. The van der Waals surface area contributed by atoms with Crippen LogP contribution in [0.1, 0.15) is 31.9 Å². The fraction of sp³-hybridized carbons (Fsp3) is 0.381. The molecule has 0 saturated carbocycles. The number of hydrogen-bond donors (Lipinski definition) is 2. The van der Waals surface area contributed by atoms with Crippen molar-refractivity contribution in [2.75, 3.05) is 26.6 Å². The molecule has 2 unspecified atom stereocenters. The third kappa shape index (κ3) is 5.60. The summed E-state index contributed by atoms with van der Waals surface area (Å²) in [5.74, 6) is 0.800. The number of nitrogens with one attached hydrogen (secondary N) is 2. The van der Waals surface area contributed by atoms with E-state index in [1.807, 2.05) is 13.8 Å². The number of ether oxygens (including phenoxy) is 3. The van der Waals surface area contributed by atoms with Crippen LogP contribution in [0.2, 0.25) is 0 Å². The minimum absolute atomic E-state index is 0.128. The van der Waals surface area contributed by atoms with Crippen LogP contribution in [0.5, 0.6) is 17.2 Å². The molecule has 2 aromatic rings. The molecule has 7 heteroatoms. The van der Waals surface area contributed by atoms with Crippen molar-refractivity contribution in [1.29, 1.82) is 0 Å². The van der Waals surface area contributed by atoms with E-state index in [1.165, 1.54) is 20.3 Å². The highest BCUT2D eigenvalue weighted by atomic mass is 19.1. The minimum Gasteiger partial charge on any atom is -0.497 e. The molecule has 0 aliphatic rings. The SMILES string of the molecule is COc1ccc(OC)c(NC(=O)CC(C)NC(C)c2ccc(OC)c(F)c2)c1. The zero-order valence-corrected chi connectivity index (χ0v) is 16.8. The van der Waals surface area contributed by atoms with Crippen LogP contribution in [0.3, 0.4) is 0 Å². The molecule has 0 saturated heterocycles. The molecule has 0 fully saturated rings. The predicted molar refractivity (Wildman–Crippen MR) is 107 cm³/mol. The van der Waals surface area contributed by atoms with Gasteiger partial charge in [0.15, 0.2) is 11.6 Å². The van der Waals surface area contributed by atoms with Gasteiger partial charge in [0.2, 0.25) is 5.91 Å². The average molecular weight is 390 g/mol. The van der Waals surface area contributed by atoms with Gasteiger partial charge in [0.1, 0.15) is 11.5 Å². The van der Waals surface area contributed by atoms with Gasteiger partial charge >= 0.3 is 0 Å². The summed E-state index contributed by atoms with van der Waals surface area (Å²) in [6.45, 7) is 3.82. The summed E-state index contributed by atoms with van der Waals surface area (Å²) >= 11 is 0. The highest BCUT2D eigenvalue weighted by Crippen LogP contribution is 2.29. The van der Waals surface area contributed by atoms with E-state index >= 15 is 0 Å². The van der Waals surface area contributed by atoms with E-state index < -0.39 is 5.82 Å². The molecular weight excluding hydrogens is 363 g/mol. The highest BCUT2D eigenvalue weighted by Gasteiger charge is 2.16. The summed E-state index contributed by atoms with van der Waals surface area (Å²) in [5.41, 5.74) is 1.32. The maximum Gasteiger partial charge on any atom is 0.226 e. The molecule has 6 nitrogen and oxygen atoms in total. The highest BCUT2D eigenvalue weighted by molar-refractivity contribution is 5.92. The molecule has 28 heavy (non-hydrogen) atoms. The molecule has 0 aromatic heterocycles. The third-order valence-electron chi connectivity index (χ3n) is 4.38. The number of rotatable bonds is 9. The van der Waals surface area contributed by atoms with E-state index in [4.69, 9.17) is 14.2 Å². The minimum atomic E-state index is -0.413. The number of anilines is 1. The Balaban J connectivity index is 1.96. The van der Waals surface area contributed by atoms with E-state index in [1.54, 1.807) is 37.4 Å². The Labute approximate surface area is 165 Å². The lowest BCUT2D eigenvalue weighted by Gasteiger charge is -2.21. The van der Waals surface area contributed by atoms with Crippen LogP contribution in [0.15, 0.2) is 36.4 Å². The monoisotopic (exact) mass is 390 g/mol. The first kappa shape index (κ1) is 21.5. The molecule has 1 amide bonds. The Bertz CT molecular complexity index is 813. The molecule has 2 N–H and O–H groups in total. The maximum atomic E-state index is 13.9. The molecule has 0 bridgehead atoms. The summed E-state index contributed by atoms with van der Waals surface area (Å²) in [7, 11) is 4.53. The lowest BCUT2D eigenvalue weighted by molar-refractivity contribution is -0.116. The van der Waals surface area contributed by atoms with Crippen LogP contribution >= 0.6 is 0 Å². The Morgan fingerprint density at radius 1 is 1.00 bits per heavy atom. The Morgan fingerprint density at radius 3 is 2.29 bits per heavy atom. The van der Waals surface area contributed by atoms with Gasteiger partial charge < -0.3 is 24.8 Å². The van der Waals surface area contributed by atoms with Crippen LogP contribution in [0.25, 0.3) is 0 Å². The van der Waals surface area contributed by atoms with Gasteiger partial charge in [0, 0.05) is 24.6 Å². The number of amides is 1. The number of carbonyl (C=O) groups is 1. The molecule has 2 aromatic carbocycles. The van der Waals surface area contributed by atoms with Gasteiger partial charge in [-0.2, -0.15) is 0 Å². The van der Waals surface area contributed by atoms with Crippen molar-refractivity contribution in [2.24, 2.45) is 0 Å². The number of halogens is 1. The van der Waals surface area contributed by atoms with Gasteiger partial charge in [-0.1, -0.05) is 6.07 Å². The van der Waals surface area contributed by atoms with Crippen molar-refractivity contribution >= 4 is 11.6 Å². The van der Waals surface area contributed by atoms with E-state index in [9.17, 15) is 9.18 Å². The average Bonchev–Trinajstić information content (AvgIpc) is 2.67. The van der Waals surface area contributed by atoms with Crippen LogP contribution < -0.4 is 24.8 Å². The third-order valence-corrected chi connectivity index (χ3v) is 4.38. The number of methoxy groups -OCH3 is 3. The second kappa shape index (κ2) is 9.94. The topological polar surface area (TPSA) is 68.8 Å². The molecular formula is C21H27FN2O4. The standard InChI is InChI=1S/C21H27FN2O4/c1-13(23-14(2)15-6-8-19(27-4)17(22)11-15)10-21(25)24-18-12-16(26-3)7-9-20(18)28-5/h6-9,11-14,23H,10H2,1-5H3,(H,24,25). The number of benzene rings is 2. The van der Waals surface area contributed by atoms with E-state index in [-0.39, 0.29) is 30.2 Å². The van der Waals surface area contributed by atoms with Crippen molar-refractivity contribution in [2.45, 2.75) is 32.4 Å². The van der Waals surface area contributed by atoms with Crippen LogP contribution in [0, 0.1) is 5.82 Å². The Hall–Kier alpha value is -2.80. The van der Waals surface area contributed by atoms with Crippen LogP contribution in [-0.2, 0) is 4.79 Å². The smallest absolute Gasteiger partial charge is 0.226 e. The van der Waals surface area contributed by atoms with E-state index in [0.29, 0.717) is 17.2 Å². The van der Waals surface area contributed by atoms with Crippen molar-refractivity contribution < 1.29 is 23.4 Å². The zero-order valence-electron chi connectivity index (χ0n) is 16.8. The lowest BCUT2D eigenvalue weighted by Crippen LogP contribution is -2.32. The second-order valence-corrected chi connectivity index (χ2v) is 6.50. The molecule has 0 radical (unpaired) electrons. The molecule has 2 atom stereocenters. The van der Waals surface area contributed by atoms with Crippen molar-refractivity contribution in [3.63, 3.8) is 0 Å². The first-order valence-corrected chi connectivity index (χ1v) is 8.99. The summed E-state index contributed by atoms with van der Waals surface area (Å²) < 4.78 is 29.3. The summed E-state index contributed by atoms with van der Waals surface area (Å²) in [5, 5.41) is 6.15. The molecule has 0 spiro atoms. The first-order chi connectivity index (χ1) is 13.4. The first-order valence-electron chi connectivity index (χ1n) is 8.99. The van der Waals surface area contributed by atoms with Gasteiger partial charge in [0.25, 0.3) is 0 Å². The fourth-order valence-electron chi connectivity index (χ4n) is 2.92. The van der Waals surface area contributed by atoms with Gasteiger partial charge in [-0.15, -0.1) is 0 Å². The van der Waals surface area contributed by atoms with Gasteiger partial charge in [-0.05, 0) is 43.7 Å². The van der Waals surface area contributed by atoms with Crippen LogP contribution in [-0.4, -0.2) is 33.3 Å². The fourth-order valence-corrected chi connectivity index (χ4v) is 2.92. The predicted octanol–water partition coefficient (Wildman–Crippen LogP) is 3.92. The van der Waals surface area contributed by atoms with Gasteiger partial charge in [-0.3, -0.25) is 4.79 Å². The van der Waals surface area contributed by atoms with Gasteiger partial charge in [0.05, 0.1) is 27.0 Å². The molecule has 152 valence electrons. The summed E-state index contributed by atoms with van der Waals surface area (Å²) in [6.07, 6.45) is 0.239.